The summed E-state index contributed by atoms with van der Waals surface area (Å²) in [7, 11) is 0. The summed E-state index contributed by atoms with van der Waals surface area (Å²) in [6.07, 6.45) is 2.96. The van der Waals surface area contributed by atoms with Crippen LogP contribution in [0.25, 0.3) is 0 Å². The van der Waals surface area contributed by atoms with E-state index >= 15 is 0 Å². The summed E-state index contributed by atoms with van der Waals surface area (Å²) in [5, 5.41) is 0. The molecule has 0 aliphatic rings. The second-order valence-electron chi connectivity index (χ2n) is 2.43. The van der Waals surface area contributed by atoms with E-state index in [1.807, 2.05) is 19.9 Å². The molecule has 0 N–H and O–H groups in total. The smallest absolute Gasteiger partial charge is 0.0382 e. The molecule has 0 aromatic rings. The number of rotatable bonds is 1. The molecule has 0 nitrogen and oxygen atoms in total. The molecule has 0 saturated heterocycles. The highest BCUT2D eigenvalue weighted by Crippen LogP contribution is 1.81. The molecule has 0 fully saturated rings. The molecule has 0 heterocycles. The fraction of sp³-hybridized carbons (Fsp3) is 0.800. The predicted molar refractivity (Wildman–Crippen MR) is 52.3 cm³/mol. The van der Waals surface area contributed by atoms with Crippen molar-refractivity contribution in [2.45, 2.75) is 48.0 Å². The Morgan fingerprint density at radius 2 is 1.30 bits per heavy atom. The van der Waals surface area contributed by atoms with Crippen LogP contribution in [0.2, 0.25) is 0 Å². The van der Waals surface area contributed by atoms with Gasteiger partial charge in [-0.15, -0.1) is 6.58 Å². The summed E-state index contributed by atoms with van der Waals surface area (Å²) < 4.78 is 0. The van der Waals surface area contributed by atoms with Crippen LogP contribution >= 0.6 is 0 Å². The summed E-state index contributed by atoms with van der Waals surface area (Å²) in [4.78, 5) is 0. The van der Waals surface area contributed by atoms with Crippen LogP contribution in [0, 0.1) is 5.92 Å². The first-order chi connectivity index (χ1) is 4.65. The highest BCUT2D eigenvalue weighted by atomic mass is 13.7. The zero-order chi connectivity index (χ0) is 8.99. The third-order valence-electron chi connectivity index (χ3n) is 0.289. The molecule has 0 amide bonds. The summed E-state index contributed by atoms with van der Waals surface area (Å²) in [6.45, 7) is 16.0. The first kappa shape index (κ1) is 16.4. The Morgan fingerprint density at radius 3 is 1.30 bits per heavy atom. The van der Waals surface area contributed by atoms with Crippen molar-refractivity contribution in [3.05, 3.63) is 12.7 Å². The standard InChI is InChI=1S/C4H10.C4H8.C2H6/c1-4(2)3;1-3-4-2;1-2/h4H,1-3H3;3H,1,4H2,2H3;1-2H3. The molecule has 0 aliphatic heterocycles. The van der Waals surface area contributed by atoms with Gasteiger partial charge >= 0.3 is 0 Å². The average molecular weight is 144 g/mol. The fourth-order valence-corrected chi connectivity index (χ4v) is 0. The lowest BCUT2D eigenvalue weighted by Crippen LogP contribution is -1.66. The normalized spacial score (nSPS) is 6.70. The van der Waals surface area contributed by atoms with Gasteiger partial charge in [0, 0.05) is 0 Å². The Hall–Kier alpha value is -0.260. The Kier molecular flexibility index (Phi) is 38.2. The van der Waals surface area contributed by atoms with Crippen molar-refractivity contribution in [3.63, 3.8) is 0 Å². The summed E-state index contributed by atoms with van der Waals surface area (Å²) in [6, 6.07) is 0. The van der Waals surface area contributed by atoms with Crippen LogP contribution in [0.3, 0.4) is 0 Å². The molecule has 0 aliphatic carbocycles. The van der Waals surface area contributed by atoms with Crippen LogP contribution in [-0.4, -0.2) is 0 Å². The first-order valence-corrected chi connectivity index (χ1v) is 4.26. The van der Waals surface area contributed by atoms with E-state index in [0.717, 1.165) is 12.3 Å². The van der Waals surface area contributed by atoms with Crippen molar-refractivity contribution < 1.29 is 0 Å². The lowest BCUT2D eigenvalue weighted by molar-refractivity contribution is 0.737. The maximum atomic E-state index is 3.48. The second kappa shape index (κ2) is 23.3. The topological polar surface area (TPSA) is 0 Å². The minimum atomic E-state index is 0.833. The van der Waals surface area contributed by atoms with Gasteiger partial charge in [-0.25, -0.2) is 0 Å². The molecule has 0 atom stereocenters. The van der Waals surface area contributed by atoms with Gasteiger partial charge in [-0.3, -0.25) is 0 Å². The minimum absolute atomic E-state index is 0.833. The third-order valence-corrected chi connectivity index (χ3v) is 0.289. The van der Waals surface area contributed by atoms with Crippen molar-refractivity contribution in [1.82, 2.24) is 0 Å². The molecule has 0 heteroatoms. The highest BCUT2D eigenvalue weighted by molar-refractivity contribution is 4.60. The molecule has 0 saturated carbocycles. The van der Waals surface area contributed by atoms with Gasteiger partial charge in [0.2, 0.25) is 0 Å². The quantitative estimate of drug-likeness (QED) is 0.482. The molecule has 0 aromatic carbocycles. The van der Waals surface area contributed by atoms with Gasteiger partial charge in [0.15, 0.2) is 0 Å². The highest BCUT2D eigenvalue weighted by Gasteiger charge is 1.68. The van der Waals surface area contributed by atoms with Gasteiger partial charge in [0.05, 0.1) is 0 Å². The Balaban J connectivity index is -0.0000000787. The van der Waals surface area contributed by atoms with Crippen LogP contribution in [0.4, 0.5) is 0 Å². The monoisotopic (exact) mass is 144 g/mol. The van der Waals surface area contributed by atoms with E-state index in [1.165, 1.54) is 0 Å². The lowest BCUT2D eigenvalue weighted by atomic mass is 10.3. The van der Waals surface area contributed by atoms with Gasteiger partial charge < -0.3 is 0 Å². The van der Waals surface area contributed by atoms with E-state index in [-0.39, 0.29) is 0 Å². The third kappa shape index (κ3) is 642. The largest absolute Gasteiger partial charge is 0.103 e. The van der Waals surface area contributed by atoms with Gasteiger partial charge in [-0.05, 0) is 12.3 Å². The zero-order valence-electron chi connectivity index (χ0n) is 8.57. The molecule has 0 radical (unpaired) electrons. The van der Waals surface area contributed by atoms with Crippen molar-refractivity contribution >= 4 is 0 Å². The molecule has 0 bridgehead atoms. The first-order valence-electron chi connectivity index (χ1n) is 4.26. The van der Waals surface area contributed by atoms with Crippen LogP contribution in [-0.2, 0) is 0 Å². The van der Waals surface area contributed by atoms with Crippen LogP contribution < -0.4 is 0 Å². The molecule has 0 unspecified atom stereocenters. The van der Waals surface area contributed by atoms with Gasteiger partial charge in [0.25, 0.3) is 0 Å². The maximum absolute atomic E-state index is 3.48. The van der Waals surface area contributed by atoms with Gasteiger partial charge in [0.1, 0.15) is 0 Å². The Morgan fingerprint density at radius 1 is 1.20 bits per heavy atom. The van der Waals surface area contributed by atoms with E-state index in [2.05, 4.69) is 34.3 Å². The molecule has 64 valence electrons. The van der Waals surface area contributed by atoms with Crippen molar-refractivity contribution in [2.24, 2.45) is 5.92 Å². The van der Waals surface area contributed by atoms with Gasteiger partial charge in [-0.2, -0.15) is 0 Å². The minimum Gasteiger partial charge on any atom is -0.103 e. The summed E-state index contributed by atoms with van der Waals surface area (Å²) >= 11 is 0. The SMILES string of the molecule is C=CCC.CC.CC(C)C. The lowest BCUT2D eigenvalue weighted by Gasteiger charge is -1.79. The number of hydrogen-bond donors (Lipinski definition) is 0. The molecule has 0 rings (SSSR count). The van der Waals surface area contributed by atoms with E-state index in [1.54, 1.807) is 0 Å². The van der Waals surface area contributed by atoms with Crippen LogP contribution in [0.5, 0.6) is 0 Å². The van der Waals surface area contributed by atoms with Crippen molar-refractivity contribution in [3.8, 4) is 0 Å². The Labute approximate surface area is 67.3 Å². The van der Waals surface area contributed by atoms with Crippen LogP contribution in [0.1, 0.15) is 48.0 Å². The zero-order valence-corrected chi connectivity index (χ0v) is 8.57. The fourth-order valence-electron chi connectivity index (χ4n) is 0. The van der Waals surface area contributed by atoms with E-state index < -0.39 is 0 Å². The maximum Gasteiger partial charge on any atom is -0.0382 e. The summed E-state index contributed by atoms with van der Waals surface area (Å²) in [5.74, 6) is 0.833. The summed E-state index contributed by atoms with van der Waals surface area (Å²) in [5.41, 5.74) is 0. The van der Waals surface area contributed by atoms with E-state index in [4.69, 9.17) is 0 Å². The second-order valence-corrected chi connectivity index (χ2v) is 2.43. The number of allylic oxidation sites excluding steroid dienone is 1. The number of hydrogen-bond acceptors (Lipinski definition) is 0. The van der Waals surface area contributed by atoms with Crippen molar-refractivity contribution in [1.29, 1.82) is 0 Å². The molecule has 0 aromatic heterocycles. The Bertz CT molecular complexity index is 32.5. The van der Waals surface area contributed by atoms with Crippen molar-refractivity contribution in [2.75, 3.05) is 0 Å². The molecular formula is C10H24. The predicted octanol–water partition coefficient (Wildman–Crippen LogP) is 4.27. The molecule has 0 spiro atoms. The molecule has 10 heavy (non-hydrogen) atoms. The average Bonchev–Trinajstić information content (AvgIpc) is 1.91. The van der Waals surface area contributed by atoms with E-state index in [9.17, 15) is 0 Å². The molecular weight excluding hydrogens is 120 g/mol. The van der Waals surface area contributed by atoms with Gasteiger partial charge in [-0.1, -0.05) is 47.6 Å². The van der Waals surface area contributed by atoms with Crippen LogP contribution in [0.15, 0.2) is 12.7 Å². The van der Waals surface area contributed by atoms with E-state index in [0.29, 0.717) is 0 Å².